The van der Waals surface area contributed by atoms with Crippen molar-refractivity contribution in [3.8, 4) is 21.7 Å². The fraction of sp³-hybridized carbons (Fsp3) is 0.174. The SMILES string of the molecule is CCC(Nc1nc(N)ncc1-c1cccc(-c2nc3ccccc3s2)c1)N1CC=CN1. The van der Waals surface area contributed by atoms with E-state index in [2.05, 4.69) is 63.0 Å². The van der Waals surface area contributed by atoms with Gasteiger partial charge in [0.25, 0.3) is 0 Å². The summed E-state index contributed by atoms with van der Waals surface area (Å²) in [5.41, 5.74) is 13.2. The molecule has 4 aromatic rings. The van der Waals surface area contributed by atoms with Crippen molar-refractivity contribution in [2.24, 2.45) is 0 Å². The second kappa shape index (κ2) is 8.33. The summed E-state index contributed by atoms with van der Waals surface area (Å²) in [6.45, 7) is 2.96. The molecule has 31 heavy (non-hydrogen) atoms. The predicted molar refractivity (Wildman–Crippen MR) is 127 cm³/mol. The van der Waals surface area contributed by atoms with Crippen LogP contribution in [0.2, 0.25) is 0 Å². The zero-order valence-electron chi connectivity index (χ0n) is 17.1. The van der Waals surface area contributed by atoms with E-state index in [0.717, 1.165) is 46.0 Å². The molecule has 0 saturated heterocycles. The van der Waals surface area contributed by atoms with E-state index in [0.29, 0.717) is 0 Å². The number of aromatic nitrogens is 3. The number of anilines is 2. The van der Waals surface area contributed by atoms with Crippen LogP contribution in [-0.4, -0.2) is 32.7 Å². The lowest BCUT2D eigenvalue weighted by Gasteiger charge is -2.28. The quantitative estimate of drug-likeness (QED) is 0.416. The van der Waals surface area contributed by atoms with Gasteiger partial charge in [-0.15, -0.1) is 11.3 Å². The molecule has 0 radical (unpaired) electrons. The highest BCUT2D eigenvalue weighted by Gasteiger charge is 2.20. The van der Waals surface area contributed by atoms with Crippen molar-refractivity contribution in [3.63, 3.8) is 0 Å². The molecular formula is C23H23N7S. The van der Waals surface area contributed by atoms with Gasteiger partial charge in [0, 0.05) is 30.1 Å². The first kappa shape index (κ1) is 19.5. The number of nitrogen functional groups attached to an aromatic ring is 1. The first-order chi connectivity index (χ1) is 15.2. The van der Waals surface area contributed by atoms with Gasteiger partial charge in [0.15, 0.2) is 0 Å². The van der Waals surface area contributed by atoms with Gasteiger partial charge in [-0.25, -0.2) is 9.97 Å². The van der Waals surface area contributed by atoms with Crippen molar-refractivity contribution in [3.05, 3.63) is 67.0 Å². The van der Waals surface area contributed by atoms with E-state index in [1.54, 1.807) is 17.5 Å². The van der Waals surface area contributed by atoms with Crippen molar-refractivity contribution in [2.75, 3.05) is 17.6 Å². The molecule has 0 bridgehead atoms. The molecule has 2 aromatic carbocycles. The van der Waals surface area contributed by atoms with Gasteiger partial charge in [0.05, 0.1) is 16.4 Å². The van der Waals surface area contributed by atoms with Crippen molar-refractivity contribution >= 4 is 33.3 Å². The maximum atomic E-state index is 5.93. The largest absolute Gasteiger partial charge is 0.368 e. The maximum Gasteiger partial charge on any atom is 0.221 e. The van der Waals surface area contributed by atoms with E-state index >= 15 is 0 Å². The normalized spacial score (nSPS) is 14.6. The molecule has 0 aliphatic carbocycles. The lowest BCUT2D eigenvalue weighted by Crippen LogP contribution is -2.44. The van der Waals surface area contributed by atoms with Gasteiger partial charge < -0.3 is 16.5 Å². The third-order valence-corrected chi connectivity index (χ3v) is 6.33. The molecule has 156 valence electrons. The molecule has 0 spiro atoms. The van der Waals surface area contributed by atoms with Crippen LogP contribution in [0.1, 0.15) is 13.3 Å². The standard InChI is InChI=1S/C23H23N7S/c1-2-20(30-12-6-11-26-30)28-21-17(14-25-23(24)29-21)15-7-5-8-16(13-15)22-27-18-9-3-4-10-19(18)31-22/h3-11,13-14,20,26H,2,12H2,1H3,(H3,24,25,28,29). The third-order valence-electron chi connectivity index (χ3n) is 5.25. The fourth-order valence-corrected chi connectivity index (χ4v) is 4.64. The second-order valence-corrected chi connectivity index (χ2v) is 8.34. The molecule has 2 aromatic heterocycles. The molecular weight excluding hydrogens is 406 g/mol. The molecule has 5 rings (SSSR count). The Morgan fingerprint density at radius 2 is 2.03 bits per heavy atom. The van der Waals surface area contributed by atoms with Gasteiger partial charge in [-0.2, -0.15) is 9.99 Å². The van der Waals surface area contributed by atoms with Crippen molar-refractivity contribution in [1.29, 1.82) is 0 Å². The summed E-state index contributed by atoms with van der Waals surface area (Å²) in [6.07, 6.45) is 6.77. The number of hydrogen-bond donors (Lipinski definition) is 3. The molecule has 1 aliphatic rings. The minimum atomic E-state index is 0.0653. The summed E-state index contributed by atoms with van der Waals surface area (Å²) in [6, 6.07) is 16.5. The van der Waals surface area contributed by atoms with Crippen molar-refractivity contribution < 1.29 is 0 Å². The van der Waals surface area contributed by atoms with Gasteiger partial charge >= 0.3 is 0 Å². The molecule has 3 heterocycles. The topological polar surface area (TPSA) is 92.0 Å². The van der Waals surface area contributed by atoms with Crippen molar-refractivity contribution in [1.82, 2.24) is 25.4 Å². The van der Waals surface area contributed by atoms with E-state index < -0.39 is 0 Å². The second-order valence-electron chi connectivity index (χ2n) is 7.31. The number of nitrogens with one attached hydrogen (secondary N) is 2. The van der Waals surface area contributed by atoms with Crippen LogP contribution in [0.5, 0.6) is 0 Å². The monoisotopic (exact) mass is 429 g/mol. The first-order valence-corrected chi connectivity index (χ1v) is 11.1. The molecule has 1 aliphatic heterocycles. The molecule has 0 saturated carbocycles. The summed E-state index contributed by atoms with van der Waals surface area (Å²) >= 11 is 1.69. The third kappa shape index (κ3) is 3.95. The average molecular weight is 430 g/mol. The van der Waals surface area contributed by atoms with Gasteiger partial charge in [0.1, 0.15) is 10.8 Å². The van der Waals surface area contributed by atoms with Crippen LogP contribution in [0.4, 0.5) is 11.8 Å². The van der Waals surface area contributed by atoms with Crippen LogP contribution >= 0.6 is 11.3 Å². The predicted octanol–water partition coefficient (Wildman–Crippen LogP) is 4.48. The number of nitrogens with zero attached hydrogens (tertiary/aromatic N) is 4. The smallest absolute Gasteiger partial charge is 0.221 e. The van der Waals surface area contributed by atoms with E-state index in [-0.39, 0.29) is 12.1 Å². The van der Waals surface area contributed by atoms with E-state index in [1.165, 1.54) is 4.70 Å². The number of fused-ring (bicyclic) bond motifs is 1. The van der Waals surface area contributed by atoms with Gasteiger partial charge in [-0.05, 0) is 30.2 Å². The Kier molecular flexibility index (Phi) is 5.23. The highest BCUT2D eigenvalue weighted by molar-refractivity contribution is 7.21. The first-order valence-electron chi connectivity index (χ1n) is 10.2. The fourth-order valence-electron chi connectivity index (χ4n) is 3.68. The minimum absolute atomic E-state index is 0.0653. The molecule has 4 N–H and O–H groups in total. The molecule has 8 heteroatoms. The zero-order chi connectivity index (χ0) is 21.2. The van der Waals surface area contributed by atoms with Gasteiger partial charge in [-0.1, -0.05) is 43.3 Å². The number of thiazole rings is 1. The Morgan fingerprint density at radius 1 is 1.16 bits per heavy atom. The Morgan fingerprint density at radius 3 is 2.84 bits per heavy atom. The lowest BCUT2D eigenvalue weighted by molar-refractivity contribution is 0.199. The zero-order valence-corrected chi connectivity index (χ0v) is 17.9. The summed E-state index contributed by atoms with van der Waals surface area (Å²) in [5, 5.41) is 6.66. The number of nitrogens with two attached hydrogens (primary N) is 1. The molecule has 1 atom stereocenters. The van der Waals surface area contributed by atoms with Gasteiger partial charge in [-0.3, -0.25) is 0 Å². The Hall–Kier alpha value is -3.49. The van der Waals surface area contributed by atoms with Crippen LogP contribution in [0.3, 0.4) is 0 Å². The summed E-state index contributed by atoms with van der Waals surface area (Å²) in [7, 11) is 0. The Labute approximate surface area is 184 Å². The van der Waals surface area contributed by atoms with E-state index in [1.807, 2.05) is 30.5 Å². The molecule has 7 nitrogen and oxygen atoms in total. The van der Waals surface area contributed by atoms with E-state index in [9.17, 15) is 0 Å². The minimum Gasteiger partial charge on any atom is -0.368 e. The van der Waals surface area contributed by atoms with Crippen LogP contribution in [-0.2, 0) is 0 Å². The summed E-state index contributed by atoms with van der Waals surface area (Å²) < 4.78 is 1.18. The van der Waals surface area contributed by atoms with Crippen LogP contribution in [0.15, 0.2) is 67.0 Å². The number of hydrogen-bond acceptors (Lipinski definition) is 8. The highest BCUT2D eigenvalue weighted by Crippen LogP contribution is 2.34. The Bertz CT molecular complexity index is 1210. The van der Waals surface area contributed by atoms with Crippen LogP contribution < -0.4 is 16.5 Å². The molecule has 0 fully saturated rings. The lowest BCUT2D eigenvalue weighted by atomic mass is 10.0. The molecule has 0 amide bonds. The van der Waals surface area contributed by atoms with Gasteiger partial charge in [0.2, 0.25) is 5.95 Å². The Balaban J connectivity index is 1.50. The summed E-state index contributed by atoms with van der Waals surface area (Å²) in [5.74, 6) is 0.963. The van der Waals surface area contributed by atoms with Crippen LogP contribution in [0, 0.1) is 0 Å². The number of para-hydroxylation sites is 1. The number of rotatable bonds is 6. The number of benzene rings is 2. The average Bonchev–Trinajstić information content (AvgIpc) is 3.48. The van der Waals surface area contributed by atoms with E-state index in [4.69, 9.17) is 10.7 Å². The van der Waals surface area contributed by atoms with Crippen LogP contribution in [0.25, 0.3) is 31.9 Å². The maximum absolute atomic E-state index is 5.93. The number of hydrazine groups is 1. The van der Waals surface area contributed by atoms with Crippen molar-refractivity contribution in [2.45, 2.75) is 19.5 Å². The molecule has 1 unspecified atom stereocenters. The highest BCUT2D eigenvalue weighted by atomic mass is 32.1. The summed E-state index contributed by atoms with van der Waals surface area (Å²) in [4.78, 5) is 13.6.